The monoisotopic (exact) mass is 306 g/mol. The maximum absolute atomic E-state index is 6.27. The molecule has 4 N–H and O–H groups in total. The maximum Gasteiger partial charge on any atom is 0.00415 e. The molecule has 0 aliphatic heterocycles. The minimum absolute atomic E-state index is 0.462. The minimum Gasteiger partial charge on any atom is -0.328 e. The van der Waals surface area contributed by atoms with Crippen molar-refractivity contribution in [3.8, 4) is 0 Å². The van der Waals surface area contributed by atoms with Crippen LogP contribution in [0.25, 0.3) is 0 Å². The van der Waals surface area contributed by atoms with Crippen molar-refractivity contribution >= 4 is 0 Å². The Morgan fingerprint density at radius 2 is 1.14 bits per heavy atom. The lowest BCUT2D eigenvalue weighted by molar-refractivity contribution is -0.0602. The van der Waals surface area contributed by atoms with Crippen LogP contribution in [0.2, 0.25) is 0 Å². The SMILES string of the molecule is CC1CC(N)CCC1C1(C2CCC(N)CC2C)CCCCC1. The third kappa shape index (κ3) is 3.11. The van der Waals surface area contributed by atoms with E-state index in [-0.39, 0.29) is 0 Å². The molecule has 3 aliphatic carbocycles. The summed E-state index contributed by atoms with van der Waals surface area (Å²) in [6, 6.07) is 0.924. The molecule has 6 atom stereocenters. The van der Waals surface area contributed by atoms with Crippen molar-refractivity contribution in [2.24, 2.45) is 40.6 Å². The van der Waals surface area contributed by atoms with Crippen molar-refractivity contribution in [1.29, 1.82) is 0 Å². The first-order chi connectivity index (χ1) is 10.5. The number of hydrogen-bond donors (Lipinski definition) is 2. The number of nitrogens with two attached hydrogens (primary N) is 2. The van der Waals surface area contributed by atoms with Gasteiger partial charge < -0.3 is 11.5 Å². The van der Waals surface area contributed by atoms with Crippen LogP contribution in [-0.2, 0) is 0 Å². The summed E-state index contributed by atoms with van der Waals surface area (Å²) < 4.78 is 0. The predicted octanol–water partition coefficient (Wildman–Crippen LogP) is 4.46. The highest BCUT2D eigenvalue weighted by Gasteiger charge is 2.50. The van der Waals surface area contributed by atoms with Crippen molar-refractivity contribution in [2.75, 3.05) is 0 Å². The Hall–Kier alpha value is -0.0800. The fraction of sp³-hybridized carbons (Fsp3) is 1.00. The van der Waals surface area contributed by atoms with E-state index in [9.17, 15) is 0 Å². The molecule has 2 nitrogen and oxygen atoms in total. The van der Waals surface area contributed by atoms with Crippen LogP contribution in [-0.4, -0.2) is 12.1 Å². The van der Waals surface area contributed by atoms with Crippen molar-refractivity contribution in [3.63, 3.8) is 0 Å². The zero-order chi connectivity index (χ0) is 15.7. The molecule has 0 heterocycles. The highest BCUT2D eigenvalue weighted by Crippen LogP contribution is 2.58. The van der Waals surface area contributed by atoms with Crippen LogP contribution in [0.15, 0.2) is 0 Å². The van der Waals surface area contributed by atoms with E-state index in [1.807, 2.05) is 0 Å². The standard InChI is InChI=1S/C20H38N2/c1-14-12-16(21)6-8-18(14)20(10-4-3-5-11-20)19-9-7-17(22)13-15(19)2/h14-19H,3-13,21-22H2,1-2H3. The maximum atomic E-state index is 6.27. The Bertz CT molecular complexity index is 333. The Kier molecular flexibility index (Phi) is 5.19. The molecule has 6 unspecified atom stereocenters. The van der Waals surface area contributed by atoms with Crippen LogP contribution >= 0.6 is 0 Å². The van der Waals surface area contributed by atoms with Gasteiger partial charge in [-0.1, -0.05) is 33.1 Å². The Morgan fingerprint density at radius 1 is 0.682 bits per heavy atom. The normalized spacial score (nSPS) is 46.4. The molecule has 22 heavy (non-hydrogen) atoms. The van der Waals surface area contributed by atoms with E-state index in [1.54, 1.807) is 0 Å². The summed E-state index contributed by atoms with van der Waals surface area (Å²) in [5.74, 6) is 3.50. The molecular formula is C20H38N2. The Labute approximate surface area is 137 Å². The van der Waals surface area contributed by atoms with Gasteiger partial charge in [0.25, 0.3) is 0 Å². The second-order valence-electron chi connectivity index (χ2n) is 9.11. The van der Waals surface area contributed by atoms with Gasteiger partial charge in [-0.15, -0.1) is 0 Å². The van der Waals surface area contributed by atoms with E-state index < -0.39 is 0 Å². The molecular weight excluding hydrogens is 268 g/mol. The van der Waals surface area contributed by atoms with Crippen molar-refractivity contribution in [1.82, 2.24) is 0 Å². The van der Waals surface area contributed by atoms with Crippen molar-refractivity contribution in [3.05, 3.63) is 0 Å². The van der Waals surface area contributed by atoms with E-state index >= 15 is 0 Å². The Morgan fingerprint density at radius 3 is 1.55 bits per heavy atom. The van der Waals surface area contributed by atoms with Gasteiger partial charge in [0, 0.05) is 12.1 Å². The summed E-state index contributed by atoms with van der Waals surface area (Å²) in [6.45, 7) is 5.00. The van der Waals surface area contributed by atoms with Gasteiger partial charge >= 0.3 is 0 Å². The average molecular weight is 307 g/mol. The first kappa shape index (κ1) is 16.8. The van der Waals surface area contributed by atoms with Crippen molar-refractivity contribution < 1.29 is 0 Å². The van der Waals surface area contributed by atoms with E-state index in [4.69, 9.17) is 11.5 Å². The lowest BCUT2D eigenvalue weighted by atomic mass is 9.49. The molecule has 0 bridgehead atoms. The molecule has 2 heteroatoms. The zero-order valence-corrected chi connectivity index (χ0v) is 14.9. The Balaban J connectivity index is 1.84. The topological polar surface area (TPSA) is 52.0 Å². The summed E-state index contributed by atoms with van der Waals surface area (Å²) in [5, 5.41) is 0. The quantitative estimate of drug-likeness (QED) is 0.791. The summed E-state index contributed by atoms with van der Waals surface area (Å²) >= 11 is 0. The molecule has 0 aromatic heterocycles. The lowest BCUT2D eigenvalue weighted by Crippen LogP contribution is -2.50. The van der Waals surface area contributed by atoms with Crippen LogP contribution in [0.5, 0.6) is 0 Å². The highest BCUT2D eigenvalue weighted by molar-refractivity contribution is 5.01. The van der Waals surface area contributed by atoms with Crippen LogP contribution < -0.4 is 11.5 Å². The first-order valence-electron chi connectivity index (χ1n) is 10.0. The molecule has 0 aromatic carbocycles. The highest BCUT2D eigenvalue weighted by atomic mass is 14.7. The summed E-state index contributed by atoms with van der Waals surface area (Å²) in [6.07, 6.45) is 15.2. The van der Waals surface area contributed by atoms with E-state index in [2.05, 4.69) is 13.8 Å². The average Bonchev–Trinajstić information content (AvgIpc) is 2.47. The number of hydrogen-bond acceptors (Lipinski definition) is 2. The summed E-state index contributed by atoms with van der Waals surface area (Å²) in [7, 11) is 0. The molecule has 0 radical (unpaired) electrons. The van der Waals surface area contributed by atoms with Gasteiger partial charge in [0.15, 0.2) is 0 Å². The molecule has 0 saturated heterocycles. The molecule has 0 spiro atoms. The van der Waals surface area contributed by atoms with Gasteiger partial charge in [0.1, 0.15) is 0 Å². The van der Waals surface area contributed by atoms with Crippen LogP contribution in [0, 0.1) is 29.1 Å². The molecule has 3 fully saturated rings. The van der Waals surface area contributed by atoms with Crippen molar-refractivity contribution in [2.45, 2.75) is 96.6 Å². The first-order valence-corrected chi connectivity index (χ1v) is 10.0. The molecule has 0 aromatic rings. The lowest BCUT2D eigenvalue weighted by Gasteiger charge is -2.56. The van der Waals surface area contributed by atoms with Gasteiger partial charge in [-0.2, -0.15) is 0 Å². The molecule has 0 amide bonds. The number of rotatable bonds is 2. The van der Waals surface area contributed by atoms with Crippen LogP contribution in [0.3, 0.4) is 0 Å². The van der Waals surface area contributed by atoms with E-state index in [1.165, 1.54) is 70.6 Å². The van der Waals surface area contributed by atoms with Gasteiger partial charge in [-0.3, -0.25) is 0 Å². The predicted molar refractivity (Wildman–Crippen MR) is 94.5 cm³/mol. The van der Waals surface area contributed by atoms with E-state index in [0.29, 0.717) is 17.5 Å². The zero-order valence-electron chi connectivity index (χ0n) is 14.9. The van der Waals surface area contributed by atoms with E-state index in [0.717, 1.165) is 23.7 Å². The van der Waals surface area contributed by atoms with Crippen LogP contribution in [0.1, 0.15) is 84.5 Å². The van der Waals surface area contributed by atoms with Gasteiger partial charge in [0.2, 0.25) is 0 Å². The minimum atomic E-state index is 0.462. The third-order valence-electron chi connectivity index (χ3n) is 7.68. The smallest absolute Gasteiger partial charge is 0.00415 e. The molecule has 3 aliphatic rings. The summed E-state index contributed by atoms with van der Waals surface area (Å²) in [5.41, 5.74) is 13.2. The molecule has 3 rings (SSSR count). The fourth-order valence-corrected chi connectivity index (χ4v) is 6.81. The van der Waals surface area contributed by atoms with Gasteiger partial charge in [-0.05, 0) is 80.5 Å². The largest absolute Gasteiger partial charge is 0.328 e. The second-order valence-corrected chi connectivity index (χ2v) is 9.11. The van der Waals surface area contributed by atoms with Gasteiger partial charge in [0.05, 0.1) is 0 Å². The summed E-state index contributed by atoms with van der Waals surface area (Å²) in [4.78, 5) is 0. The van der Waals surface area contributed by atoms with Crippen LogP contribution in [0.4, 0.5) is 0 Å². The third-order valence-corrected chi connectivity index (χ3v) is 7.68. The van der Waals surface area contributed by atoms with Gasteiger partial charge in [-0.25, -0.2) is 0 Å². The molecule has 128 valence electrons. The molecule has 3 saturated carbocycles. The second kappa shape index (κ2) is 6.81. The fourth-order valence-electron chi connectivity index (χ4n) is 6.81.